The summed E-state index contributed by atoms with van der Waals surface area (Å²) in [6.45, 7) is 10.6. The lowest BCUT2D eigenvalue weighted by Gasteiger charge is -2.22. The first-order chi connectivity index (χ1) is 12.9. The van der Waals surface area contributed by atoms with Gasteiger partial charge < -0.3 is 15.2 Å². The van der Waals surface area contributed by atoms with Crippen LogP contribution in [0, 0.1) is 5.41 Å². The number of fused-ring (bicyclic) bond motifs is 1. The maximum Gasteiger partial charge on any atom is 0.408 e. The molecule has 150 valence electrons. The fourth-order valence-electron chi connectivity index (χ4n) is 2.47. The minimum Gasteiger partial charge on any atom is -0.481 e. The van der Waals surface area contributed by atoms with E-state index in [2.05, 4.69) is 10.3 Å². The van der Waals surface area contributed by atoms with E-state index >= 15 is 0 Å². The van der Waals surface area contributed by atoms with Crippen molar-refractivity contribution in [3.8, 4) is 0 Å². The summed E-state index contributed by atoms with van der Waals surface area (Å²) in [7, 11) is 0. The van der Waals surface area contributed by atoms with Crippen molar-refractivity contribution in [2.75, 3.05) is 0 Å². The predicted octanol–water partition coefficient (Wildman–Crippen LogP) is 4.94. The van der Waals surface area contributed by atoms with Crippen molar-refractivity contribution < 1.29 is 19.4 Å². The second-order valence-electron chi connectivity index (χ2n) is 8.44. The number of carboxylic acids is 1. The van der Waals surface area contributed by atoms with Gasteiger partial charge in [0, 0.05) is 11.6 Å². The molecule has 1 atom stereocenters. The number of pyridine rings is 1. The van der Waals surface area contributed by atoms with Gasteiger partial charge in [-0.2, -0.15) is 0 Å². The summed E-state index contributed by atoms with van der Waals surface area (Å²) >= 11 is 0. The van der Waals surface area contributed by atoms with Crippen molar-refractivity contribution in [1.82, 2.24) is 10.3 Å². The van der Waals surface area contributed by atoms with Gasteiger partial charge in [-0.1, -0.05) is 18.2 Å². The van der Waals surface area contributed by atoms with E-state index in [-0.39, 0.29) is 6.04 Å². The van der Waals surface area contributed by atoms with E-state index in [4.69, 9.17) is 4.74 Å². The molecular formula is C22H28N2O4. The second-order valence-corrected chi connectivity index (χ2v) is 8.44. The molecule has 2 N–H and O–H groups in total. The van der Waals surface area contributed by atoms with Gasteiger partial charge in [-0.3, -0.25) is 9.78 Å². The molecule has 0 fully saturated rings. The highest BCUT2D eigenvalue weighted by Crippen LogP contribution is 2.23. The molecule has 2 rings (SSSR count). The van der Waals surface area contributed by atoms with E-state index in [1.165, 1.54) is 0 Å². The first-order valence-electron chi connectivity index (χ1n) is 9.19. The Morgan fingerprint density at radius 2 is 1.82 bits per heavy atom. The number of amides is 1. The van der Waals surface area contributed by atoms with E-state index in [0.717, 1.165) is 16.3 Å². The van der Waals surface area contributed by atoms with E-state index in [9.17, 15) is 14.7 Å². The van der Waals surface area contributed by atoms with Gasteiger partial charge in [0.2, 0.25) is 0 Å². The maximum absolute atomic E-state index is 12.0. The van der Waals surface area contributed by atoms with Crippen LogP contribution in [0.4, 0.5) is 4.79 Å². The van der Waals surface area contributed by atoms with Gasteiger partial charge in [0.15, 0.2) is 0 Å². The number of carbonyl (C=O) groups excluding carboxylic acids is 1. The molecule has 0 saturated heterocycles. The van der Waals surface area contributed by atoms with Gasteiger partial charge in [0.1, 0.15) is 5.60 Å². The van der Waals surface area contributed by atoms with Gasteiger partial charge in [-0.25, -0.2) is 4.79 Å². The first-order valence-corrected chi connectivity index (χ1v) is 9.19. The standard InChI is InChI=1S/C22H28N2O4/c1-14(24-20(27)28-21(2,3)4)15-7-8-16-13-23-18(12-17(16)11-15)9-10-22(5,6)19(25)26/h7-14H,1-6H3,(H,24,27)(H,25,26)/b10-9+/t14-/m1/s1. The van der Waals surface area contributed by atoms with Crippen LogP contribution in [0.1, 0.15) is 58.8 Å². The van der Waals surface area contributed by atoms with Crippen molar-refractivity contribution in [2.24, 2.45) is 5.41 Å². The summed E-state index contributed by atoms with van der Waals surface area (Å²) in [5.41, 5.74) is 0.0887. The van der Waals surface area contributed by atoms with Crippen LogP contribution in [0.5, 0.6) is 0 Å². The topological polar surface area (TPSA) is 88.5 Å². The van der Waals surface area contributed by atoms with E-state index in [1.807, 2.05) is 52.0 Å². The van der Waals surface area contributed by atoms with Gasteiger partial charge in [-0.05, 0) is 70.7 Å². The van der Waals surface area contributed by atoms with Crippen molar-refractivity contribution in [1.29, 1.82) is 0 Å². The highest BCUT2D eigenvalue weighted by Gasteiger charge is 2.23. The van der Waals surface area contributed by atoms with Gasteiger partial charge >= 0.3 is 12.1 Å². The lowest BCUT2D eigenvalue weighted by Crippen LogP contribution is -2.34. The molecule has 28 heavy (non-hydrogen) atoms. The number of benzene rings is 1. The minimum absolute atomic E-state index is 0.225. The molecule has 1 amide bonds. The molecule has 0 aliphatic carbocycles. The highest BCUT2D eigenvalue weighted by atomic mass is 16.6. The molecule has 0 radical (unpaired) electrons. The predicted molar refractivity (Wildman–Crippen MR) is 110 cm³/mol. The summed E-state index contributed by atoms with van der Waals surface area (Å²) in [6, 6.07) is 7.54. The minimum atomic E-state index is -0.968. The fourth-order valence-corrected chi connectivity index (χ4v) is 2.47. The fraction of sp³-hybridized carbons (Fsp3) is 0.409. The van der Waals surface area contributed by atoms with Gasteiger partial charge in [-0.15, -0.1) is 0 Å². The lowest BCUT2D eigenvalue weighted by molar-refractivity contribution is -0.144. The number of carboxylic acid groups (broad SMARTS) is 1. The Bertz CT molecular complexity index is 910. The molecule has 0 aliphatic heterocycles. The molecule has 0 unspecified atom stereocenters. The molecule has 6 heteroatoms. The van der Waals surface area contributed by atoms with Crippen LogP contribution >= 0.6 is 0 Å². The van der Waals surface area contributed by atoms with E-state index in [0.29, 0.717) is 5.69 Å². The Balaban J connectivity index is 2.23. The van der Waals surface area contributed by atoms with E-state index < -0.39 is 23.1 Å². The normalized spacial score (nSPS) is 13.5. The third-order valence-electron chi connectivity index (χ3n) is 4.22. The number of nitrogens with zero attached hydrogens (tertiary/aromatic N) is 1. The molecule has 0 aliphatic rings. The Morgan fingerprint density at radius 3 is 2.43 bits per heavy atom. The van der Waals surface area contributed by atoms with Gasteiger partial charge in [0.05, 0.1) is 17.2 Å². The molecule has 6 nitrogen and oxygen atoms in total. The first kappa shape index (κ1) is 21.4. The third-order valence-corrected chi connectivity index (χ3v) is 4.22. The summed E-state index contributed by atoms with van der Waals surface area (Å²) in [6.07, 6.45) is 4.62. The van der Waals surface area contributed by atoms with Crippen molar-refractivity contribution in [3.63, 3.8) is 0 Å². The van der Waals surface area contributed by atoms with Crippen LogP contribution in [0.2, 0.25) is 0 Å². The number of alkyl carbamates (subject to hydrolysis) is 1. The number of carbonyl (C=O) groups is 2. The van der Waals surface area contributed by atoms with Crippen LogP contribution in [0.3, 0.4) is 0 Å². The number of rotatable bonds is 5. The number of aromatic nitrogens is 1. The molecule has 1 heterocycles. The SMILES string of the molecule is C[C@@H](NC(=O)OC(C)(C)C)c1ccc2cnc(/C=C/C(C)(C)C(=O)O)cc2c1. The lowest BCUT2D eigenvalue weighted by atomic mass is 9.93. The third kappa shape index (κ3) is 5.81. The number of hydrogen-bond donors (Lipinski definition) is 2. The average Bonchev–Trinajstić information content (AvgIpc) is 2.57. The zero-order valence-corrected chi connectivity index (χ0v) is 17.2. The molecule has 0 bridgehead atoms. The Kier molecular flexibility index (Phi) is 6.12. The monoisotopic (exact) mass is 384 g/mol. The second kappa shape index (κ2) is 8.00. The van der Waals surface area contributed by atoms with Crippen LogP contribution in [-0.4, -0.2) is 27.8 Å². The molecule has 1 aromatic heterocycles. The summed E-state index contributed by atoms with van der Waals surface area (Å²) < 4.78 is 5.30. The quantitative estimate of drug-likeness (QED) is 0.762. The molecular weight excluding hydrogens is 356 g/mol. The Hall–Kier alpha value is -2.89. The van der Waals surface area contributed by atoms with Crippen molar-refractivity contribution in [2.45, 2.75) is 53.2 Å². The molecule has 1 aromatic carbocycles. The summed E-state index contributed by atoms with van der Waals surface area (Å²) in [4.78, 5) is 27.6. The molecule has 0 saturated carbocycles. The van der Waals surface area contributed by atoms with Crippen molar-refractivity contribution in [3.05, 3.63) is 47.8 Å². The summed E-state index contributed by atoms with van der Waals surface area (Å²) in [5.74, 6) is -0.895. The largest absolute Gasteiger partial charge is 0.481 e. The maximum atomic E-state index is 12.0. The zero-order chi connectivity index (χ0) is 21.1. The van der Waals surface area contributed by atoms with E-state index in [1.54, 1.807) is 32.2 Å². The number of ether oxygens (including phenoxy) is 1. The van der Waals surface area contributed by atoms with Crippen LogP contribution in [-0.2, 0) is 9.53 Å². The Morgan fingerprint density at radius 1 is 1.14 bits per heavy atom. The van der Waals surface area contributed by atoms with Crippen LogP contribution in [0.15, 0.2) is 36.5 Å². The number of aliphatic carboxylic acids is 1. The average molecular weight is 384 g/mol. The van der Waals surface area contributed by atoms with Gasteiger partial charge in [0.25, 0.3) is 0 Å². The summed E-state index contributed by atoms with van der Waals surface area (Å²) in [5, 5.41) is 14.0. The smallest absolute Gasteiger partial charge is 0.408 e. The van der Waals surface area contributed by atoms with Crippen LogP contribution in [0.25, 0.3) is 16.8 Å². The Labute approximate surface area is 165 Å². The highest BCUT2D eigenvalue weighted by molar-refractivity contribution is 5.84. The number of nitrogens with one attached hydrogen (secondary N) is 1. The molecule has 2 aromatic rings. The molecule has 0 spiro atoms. The zero-order valence-electron chi connectivity index (χ0n) is 17.2. The van der Waals surface area contributed by atoms with Crippen molar-refractivity contribution >= 4 is 28.9 Å². The number of hydrogen-bond acceptors (Lipinski definition) is 4. The van der Waals surface area contributed by atoms with Crippen LogP contribution < -0.4 is 5.32 Å².